The lowest BCUT2D eigenvalue weighted by Gasteiger charge is -2.33. The van der Waals surface area contributed by atoms with Crippen molar-refractivity contribution < 1.29 is 4.74 Å². The minimum Gasteiger partial charge on any atom is -0.378 e. The van der Waals surface area contributed by atoms with Crippen LogP contribution in [0.25, 0.3) is 6.08 Å². The fraction of sp³-hybridized carbons (Fsp3) is 0.393. The molecule has 0 saturated carbocycles. The molecule has 3 aliphatic rings. The lowest BCUT2D eigenvalue weighted by atomic mass is 10.1. The van der Waals surface area contributed by atoms with Gasteiger partial charge >= 0.3 is 0 Å². The molecule has 36 heavy (non-hydrogen) atoms. The highest BCUT2D eigenvalue weighted by molar-refractivity contribution is 6.35. The van der Waals surface area contributed by atoms with E-state index in [1.165, 1.54) is 22.4 Å². The molecule has 5 nitrogen and oxygen atoms in total. The number of hydrogen-bond acceptors (Lipinski definition) is 5. The molecule has 2 heterocycles. The van der Waals surface area contributed by atoms with Crippen LogP contribution in [0.4, 0.5) is 0 Å². The highest BCUT2D eigenvalue weighted by atomic mass is 35.5. The molecule has 1 aliphatic carbocycles. The molecule has 2 saturated heterocycles. The van der Waals surface area contributed by atoms with Crippen LogP contribution in [0.1, 0.15) is 24.0 Å². The van der Waals surface area contributed by atoms with Crippen molar-refractivity contribution in [3.8, 4) is 0 Å². The number of piperazine rings is 1. The molecule has 190 valence electrons. The van der Waals surface area contributed by atoms with Crippen LogP contribution in [0, 0.1) is 0 Å². The molecule has 2 aliphatic heterocycles. The topological polar surface area (TPSA) is 31.3 Å². The van der Waals surface area contributed by atoms with Crippen LogP contribution in [0.2, 0.25) is 15.1 Å². The van der Waals surface area contributed by atoms with Crippen LogP contribution in [0.5, 0.6) is 0 Å². The van der Waals surface area contributed by atoms with Crippen molar-refractivity contribution in [3.05, 3.63) is 85.5 Å². The number of benzene rings is 2. The SMILES string of the molecule is Clc1ccc(/C=C2\CCC(C=NN3CCN(Cc4ccccc4Cl)CC3)=C2N2CCOCC2)c(Cl)c1. The molecule has 2 aromatic rings. The summed E-state index contributed by atoms with van der Waals surface area (Å²) in [5.74, 6) is 0. The van der Waals surface area contributed by atoms with Crippen molar-refractivity contribution >= 4 is 47.1 Å². The Morgan fingerprint density at radius 2 is 1.64 bits per heavy atom. The van der Waals surface area contributed by atoms with Crippen LogP contribution in [0.3, 0.4) is 0 Å². The quantitative estimate of drug-likeness (QED) is 0.404. The van der Waals surface area contributed by atoms with Gasteiger partial charge in [-0.3, -0.25) is 9.91 Å². The van der Waals surface area contributed by atoms with Gasteiger partial charge in [-0.25, -0.2) is 0 Å². The number of hydrazone groups is 1. The van der Waals surface area contributed by atoms with E-state index in [1.54, 1.807) is 6.07 Å². The molecule has 0 spiro atoms. The molecular formula is C28H31Cl3N4O. The maximum atomic E-state index is 6.49. The van der Waals surface area contributed by atoms with Gasteiger partial charge in [-0.05, 0) is 59.4 Å². The predicted molar refractivity (Wildman–Crippen MR) is 150 cm³/mol. The summed E-state index contributed by atoms with van der Waals surface area (Å²) >= 11 is 19.0. The second-order valence-electron chi connectivity index (χ2n) is 9.37. The number of allylic oxidation sites excluding steroid dienone is 2. The Bertz CT molecular complexity index is 1170. The van der Waals surface area contributed by atoms with E-state index in [2.05, 4.69) is 33.2 Å². The number of hydrogen-bond donors (Lipinski definition) is 0. The van der Waals surface area contributed by atoms with Crippen LogP contribution in [0.15, 0.2) is 64.4 Å². The third-order valence-electron chi connectivity index (χ3n) is 6.97. The zero-order chi connectivity index (χ0) is 24.9. The minimum atomic E-state index is 0.650. The van der Waals surface area contributed by atoms with Crippen molar-refractivity contribution in [1.82, 2.24) is 14.8 Å². The van der Waals surface area contributed by atoms with Crippen molar-refractivity contribution in [2.75, 3.05) is 52.5 Å². The Kier molecular flexibility index (Phi) is 8.55. The van der Waals surface area contributed by atoms with Gasteiger partial charge in [0.15, 0.2) is 0 Å². The molecule has 2 aromatic carbocycles. The van der Waals surface area contributed by atoms with Crippen molar-refractivity contribution in [2.24, 2.45) is 5.10 Å². The summed E-state index contributed by atoms with van der Waals surface area (Å²) < 4.78 is 5.62. The minimum absolute atomic E-state index is 0.650. The molecule has 0 amide bonds. The van der Waals surface area contributed by atoms with E-state index in [0.29, 0.717) is 10.0 Å². The summed E-state index contributed by atoms with van der Waals surface area (Å²) in [5.41, 5.74) is 6.04. The first kappa shape index (κ1) is 25.6. The third-order valence-corrected chi connectivity index (χ3v) is 7.90. The first-order valence-electron chi connectivity index (χ1n) is 12.5. The molecule has 0 N–H and O–H groups in total. The molecule has 0 atom stereocenters. The van der Waals surface area contributed by atoms with Crippen LogP contribution in [-0.4, -0.2) is 73.5 Å². The molecule has 0 radical (unpaired) electrons. The molecule has 8 heteroatoms. The Labute approximate surface area is 228 Å². The van der Waals surface area contributed by atoms with E-state index in [1.807, 2.05) is 30.3 Å². The lowest BCUT2D eigenvalue weighted by molar-refractivity contribution is 0.0548. The Morgan fingerprint density at radius 3 is 2.39 bits per heavy atom. The molecule has 0 bridgehead atoms. The number of halogens is 3. The van der Waals surface area contributed by atoms with E-state index in [4.69, 9.17) is 44.6 Å². The number of rotatable bonds is 6. The molecular weight excluding hydrogens is 515 g/mol. The van der Waals surface area contributed by atoms with Crippen molar-refractivity contribution in [2.45, 2.75) is 19.4 Å². The number of ether oxygens (including phenoxy) is 1. The maximum absolute atomic E-state index is 6.49. The summed E-state index contributed by atoms with van der Waals surface area (Å²) in [4.78, 5) is 4.88. The zero-order valence-corrected chi connectivity index (χ0v) is 22.6. The van der Waals surface area contributed by atoms with Gasteiger partial charge in [-0.15, -0.1) is 0 Å². The van der Waals surface area contributed by atoms with E-state index >= 15 is 0 Å². The first-order valence-corrected chi connectivity index (χ1v) is 13.7. The molecule has 2 fully saturated rings. The van der Waals surface area contributed by atoms with Crippen LogP contribution in [-0.2, 0) is 11.3 Å². The van der Waals surface area contributed by atoms with Gasteiger partial charge in [0.1, 0.15) is 0 Å². The maximum Gasteiger partial charge on any atom is 0.0642 e. The van der Waals surface area contributed by atoms with Gasteiger partial charge in [-0.1, -0.05) is 59.1 Å². The average Bonchev–Trinajstić information content (AvgIpc) is 3.29. The highest BCUT2D eigenvalue weighted by Gasteiger charge is 2.26. The molecule has 5 rings (SSSR count). The number of nitrogens with zero attached hydrogens (tertiary/aromatic N) is 4. The predicted octanol–water partition coefficient (Wildman–Crippen LogP) is 6.21. The Hall–Kier alpha value is -2.02. The van der Waals surface area contributed by atoms with Crippen molar-refractivity contribution in [1.29, 1.82) is 0 Å². The van der Waals surface area contributed by atoms with E-state index in [0.717, 1.165) is 82.5 Å². The summed E-state index contributed by atoms with van der Waals surface area (Å²) in [6, 6.07) is 13.8. The fourth-order valence-electron chi connectivity index (χ4n) is 5.01. The molecule has 0 aromatic heterocycles. The Morgan fingerprint density at radius 1 is 0.861 bits per heavy atom. The third kappa shape index (κ3) is 6.27. The fourth-order valence-corrected chi connectivity index (χ4v) is 5.67. The van der Waals surface area contributed by atoms with Crippen LogP contribution < -0.4 is 0 Å². The van der Waals surface area contributed by atoms with E-state index < -0.39 is 0 Å². The van der Waals surface area contributed by atoms with Gasteiger partial charge < -0.3 is 9.64 Å². The number of morpholine rings is 1. The van der Waals surface area contributed by atoms with Gasteiger partial charge in [0.25, 0.3) is 0 Å². The van der Waals surface area contributed by atoms with Gasteiger partial charge in [-0.2, -0.15) is 5.10 Å². The van der Waals surface area contributed by atoms with Gasteiger partial charge in [0.05, 0.1) is 19.4 Å². The van der Waals surface area contributed by atoms with E-state index in [9.17, 15) is 0 Å². The summed E-state index contributed by atoms with van der Waals surface area (Å²) in [6.07, 6.45) is 6.23. The van der Waals surface area contributed by atoms with Crippen LogP contribution >= 0.6 is 34.8 Å². The van der Waals surface area contributed by atoms with Gasteiger partial charge in [0.2, 0.25) is 0 Å². The standard InChI is InChI=1S/C28H31Cl3N4O/c29-25-8-7-21(27(31)18-25)17-22-5-6-23(28(22)34-13-15-36-16-14-34)19-32-35-11-9-33(10-12-35)20-24-3-1-2-4-26(24)30/h1-4,7-8,17-19H,5-6,9-16,20H2/b22-17+,32-19?. The summed E-state index contributed by atoms with van der Waals surface area (Å²) in [7, 11) is 0. The molecule has 0 unspecified atom stereocenters. The second-order valence-corrected chi connectivity index (χ2v) is 10.6. The van der Waals surface area contributed by atoms with Crippen molar-refractivity contribution in [3.63, 3.8) is 0 Å². The second kappa shape index (κ2) is 12.0. The first-order chi connectivity index (χ1) is 17.6. The summed E-state index contributed by atoms with van der Waals surface area (Å²) in [6.45, 7) is 7.90. The lowest BCUT2D eigenvalue weighted by Crippen LogP contribution is -2.43. The average molecular weight is 546 g/mol. The Balaban J connectivity index is 1.29. The monoisotopic (exact) mass is 544 g/mol. The zero-order valence-electron chi connectivity index (χ0n) is 20.3. The summed E-state index contributed by atoms with van der Waals surface area (Å²) in [5, 5.41) is 9.26. The largest absolute Gasteiger partial charge is 0.378 e. The highest BCUT2D eigenvalue weighted by Crippen LogP contribution is 2.36. The normalized spacial score (nSPS) is 20.8. The smallest absolute Gasteiger partial charge is 0.0642 e. The van der Waals surface area contributed by atoms with Gasteiger partial charge in [0, 0.05) is 66.6 Å². The van der Waals surface area contributed by atoms with E-state index in [-0.39, 0.29) is 0 Å².